The maximum absolute atomic E-state index is 6.21. The third-order valence-electron chi connectivity index (χ3n) is 8.28. The van der Waals surface area contributed by atoms with Gasteiger partial charge in [-0.25, -0.2) is 0 Å². The van der Waals surface area contributed by atoms with Gasteiger partial charge < -0.3 is 5.73 Å². The number of hydrogen-bond acceptors (Lipinski definition) is 1. The molecule has 0 saturated heterocycles. The highest BCUT2D eigenvalue weighted by Crippen LogP contribution is 2.59. The van der Waals surface area contributed by atoms with Crippen molar-refractivity contribution in [1.29, 1.82) is 0 Å². The van der Waals surface area contributed by atoms with Crippen molar-refractivity contribution in [3.8, 4) is 0 Å². The van der Waals surface area contributed by atoms with Crippen LogP contribution in [0, 0.1) is 34.5 Å². The van der Waals surface area contributed by atoms with Crippen molar-refractivity contribution in [2.45, 2.75) is 118 Å². The van der Waals surface area contributed by atoms with E-state index in [9.17, 15) is 0 Å². The van der Waals surface area contributed by atoms with Crippen LogP contribution in [0.15, 0.2) is 0 Å². The lowest BCUT2D eigenvalue weighted by Crippen LogP contribution is -2.46. The number of nitrogens with two attached hydrogens (primary N) is 1. The molecule has 2 aliphatic rings. The summed E-state index contributed by atoms with van der Waals surface area (Å²) in [6, 6.07) is 0.351. The summed E-state index contributed by atoms with van der Waals surface area (Å²) in [6.07, 6.45) is 15.5. The van der Waals surface area contributed by atoms with Crippen LogP contribution in [-0.4, -0.2) is 6.04 Å². The lowest BCUT2D eigenvalue weighted by molar-refractivity contribution is -0.0530. The summed E-state index contributed by atoms with van der Waals surface area (Å²) in [6.45, 7) is 14.8. The van der Waals surface area contributed by atoms with Gasteiger partial charge in [-0.05, 0) is 99.2 Å². The molecular formula is C24H47N. The Kier molecular flexibility index (Phi) is 7.45. The van der Waals surface area contributed by atoms with Gasteiger partial charge in [0.25, 0.3) is 0 Å². The predicted molar refractivity (Wildman–Crippen MR) is 112 cm³/mol. The molecule has 0 heterocycles. The smallest absolute Gasteiger partial charge is 0.00106 e. The molecule has 0 aromatic rings. The van der Waals surface area contributed by atoms with Gasteiger partial charge in [0.05, 0.1) is 0 Å². The molecule has 7 atom stereocenters. The second-order valence-corrected chi connectivity index (χ2v) is 10.7. The summed E-state index contributed by atoms with van der Waals surface area (Å²) in [4.78, 5) is 0. The van der Waals surface area contributed by atoms with E-state index in [0.717, 1.165) is 23.7 Å². The highest BCUT2D eigenvalue weighted by atomic mass is 14.6. The average molecular weight is 350 g/mol. The SMILES string of the molecule is CCCCC1(C)CC2CC(C)CC(C)C(CC)(CCC(C)N)C(C2)C1. The Balaban J connectivity index is 2.31. The first kappa shape index (κ1) is 21.3. The zero-order valence-electron chi connectivity index (χ0n) is 18.2. The molecule has 25 heavy (non-hydrogen) atoms. The molecule has 2 aliphatic carbocycles. The first-order valence-electron chi connectivity index (χ1n) is 11.5. The Bertz CT molecular complexity index is 403. The summed E-state index contributed by atoms with van der Waals surface area (Å²) >= 11 is 0. The Morgan fingerprint density at radius 3 is 2.36 bits per heavy atom. The van der Waals surface area contributed by atoms with Crippen molar-refractivity contribution in [2.24, 2.45) is 40.2 Å². The standard InChI is InChI=1S/C24H47N/c1-7-9-11-23(6)16-21-14-18(3)13-19(4)24(8-2,12-10-20(5)25)22(15-21)17-23/h18-22H,7-17,25H2,1-6H3. The molecule has 0 aromatic carbocycles. The van der Waals surface area contributed by atoms with Crippen LogP contribution in [0.25, 0.3) is 0 Å². The van der Waals surface area contributed by atoms with Gasteiger partial charge in [-0.3, -0.25) is 0 Å². The number of fused-ring (bicyclic) bond motifs is 2. The second-order valence-electron chi connectivity index (χ2n) is 10.7. The molecule has 1 heteroatoms. The van der Waals surface area contributed by atoms with E-state index >= 15 is 0 Å². The van der Waals surface area contributed by atoms with Crippen LogP contribution in [-0.2, 0) is 0 Å². The highest BCUT2D eigenvalue weighted by molar-refractivity contribution is 4.99. The first-order chi connectivity index (χ1) is 11.7. The van der Waals surface area contributed by atoms with Crippen LogP contribution < -0.4 is 5.73 Å². The third-order valence-corrected chi connectivity index (χ3v) is 8.28. The van der Waals surface area contributed by atoms with E-state index < -0.39 is 0 Å². The molecule has 0 aliphatic heterocycles. The predicted octanol–water partition coefficient (Wildman–Crippen LogP) is 7.19. The Hall–Kier alpha value is -0.0400. The van der Waals surface area contributed by atoms with Crippen molar-refractivity contribution in [2.75, 3.05) is 0 Å². The molecule has 148 valence electrons. The fraction of sp³-hybridized carbons (Fsp3) is 1.00. The van der Waals surface area contributed by atoms with Crippen molar-refractivity contribution >= 4 is 0 Å². The summed E-state index contributed by atoms with van der Waals surface area (Å²) in [5.41, 5.74) is 7.34. The lowest BCUT2D eigenvalue weighted by Gasteiger charge is -2.55. The van der Waals surface area contributed by atoms with Crippen molar-refractivity contribution in [3.63, 3.8) is 0 Å². The maximum Gasteiger partial charge on any atom is 0.00106 e. The minimum absolute atomic E-state index is 0.351. The molecule has 2 fully saturated rings. The van der Waals surface area contributed by atoms with Crippen molar-refractivity contribution in [3.05, 3.63) is 0 Å². The van der Waals surface area contributed by atoms with Gasteiger partial charge in [-0.2, -0.15) is 0 Å². The molecule has 1 nitrogen and oxygen atoms in total. The van der Waals surface area contributed by atoms with Crippen LogP contribution in [0.5, 0.6) is 0 Å². The van der Waals surface area contributed by atoms with Crippen LogP contribution in [0.3, 0.4) is 0 Å². The van der Waals surface area contributed by atoms with Crippen molar-refractivity contribution < 1.29 is 0 Å². The van der Waals surface area contributed by atoms with Gasteiger partial charge >= 0.3 is 0 Å². The van der Waals surface area contributed by atoms with E-state index in [1.165, 1.54) is 70.6 Å². The first-order valence-corrected chi connectivity index (χ1v) is 11.5. The molecule has 2 N–H and O–H groups in total. The zero-order chi connectivity index (χ0) is 18.7. The molecular weight excluding hydrogens is 302 g/mol. The molecule has 2 rings (SSSR count). The highest BCUT2D eigenvalue weighted by Gasteiger charge is 2.49. The second kappa shape index (κ2) is 8.77. The summed E-state index contributed by atoms with van der Waals surface area (Å²) in [7, 11) is 0. The quantitative estimate of drug-likeness (QED) is 0.517. The van der Waals surface area contributed by atoms with Crippen LogP contribution >= 0.6 is 0 Å². The molecule has 0 radical (unpaired) electrons. The van der Waals surface area contributed by atoms with Gasteiger partial charge in [0, 0.05) is 6.04 Å². The normalized spacial score (nSPS) is 43.3. The molecule has 0 amide bonds. The van der Waals surface area contributed by atoms with Crippen LogP contribution in [0.2, 0.25) is 0 Å². The third kappa shape index (κ3) is 5.02. The minimum atomic E-state index is 0.351. The van der Waals surface area contributed by atoms with Gasteiger partial charge in [0.15, 0.2) is 0 Å². The van der Waals surface area contributed by atoms with Crippen LogP contribution in [0.4, 0.5) is 0 Å². The lowest BCUT2D eigenvalue weighted by atomic mass is 9.50. The van der Waals surface area contributed by atoms with E-state index in [-0.39, 0.29) is 0 Å². The van der Waals surface area contributed by atoms with E-state index in [1.807, 2.05) is 0 Å². The summed E-state index contributed by atoms with van der Waals surface area (Å²) in [5, 5.41) is 0. The molecule has 2 bridgehead atoms. The van der Waals surface area contributed by atoms with Gasteiger partial charge in [0.1, 0.15) is 0 Å². The monoisotopic (exact) mass is 349 g/mol. The number of unbranched alkanes of at least 4 members (excludes halogenated alkanes) is 1. The molecule has 2 saturated carbocycles. The Morgan fingerprint density at radius 2 is 1.76 bits per heavy atom. The van der Waals surface area contributed by atoms with Crippen molar-refractivity contribution in [1.82, 2.24) is 0 Å². The fourth-order valence-corrected chi connectivity index (χ4v) is 7.04. The average Bonchev–Trinajstić information content (AvgIpc) is 2.52. The Morgan fingerprint density at radius 1 is 1.04 bits per heavy atom. The molecule has 0 aromatic heterocycles. The topological polar surface area (TPSA) is 26.0 Å². The zero-order valence-corrected chi connectivity index (χ0v) is 18.2. The van der Waals surface area contributed by atoms with Crippen LogP contribution in [0.1, 0.15) is 112 Å². The minimum Gasteiger partial charge on any atom is -0.328 e. The van der Waals surface area contributed by atoms with E-state index in [4.69, 9.17) is 5.73 Å². The number of hydrogen-bond donors (Lipinski definition) is 1. The summed E-state index contributed by atoms with van der Waals surface area (Å²) in [5.74, 6) is 3.66. The van der Waals surface area contributed by atoms with E-state index in [1.54, 1.807) is 0 Å². The Labute approximate surface area is 158 Å². The maximum atomic E-state index is 6.21. The largest absolute Gasteiger partial charge is 0.328 e. The van der Waals surface area contributed by atoms with E-state index in [2.05, 4.69) is 41.5 Å². The van der Waals surface area contributed by atoms with Gasteiger partial charge in [0.2, 0.25) is 0 Å². The summed E-state index contributed by atoms with van der Waals surface area (Å²) < 4.78 is 0. The van der Waals surface area contributed by atoms with E-state index in [0.29, 0.717) is 16.9 Å². The number of rotatable bonds is 7. The van der Waals surface area contributed by atoms with Gasteiger partial charge in [-0.15, -0.1) is 0 Å². The molecule has 7 unspecified atom stereocenters. The van der Waals surface area contributed by atoms with Gasteiger partial charge in [-0.1, -0.05) is 47.5 Å². The fourth-order valence-electron chi connectivity index (χ4n) is 7.04. The molecule has 0 spiro atoms.